The SMILES string of the molecule is CCCc1ccc(OCC(C)O)c2c(=O)ccoc12. The molecule has 0 saturated carbocycles. The van der Waals surface area contributed by atoms with Gasteiger partial charge < -0.3 is 14.3 Å². The number of benzene rings is 1. The minimum atomic E-state index is -0.582. The van der Waals surface area contributed by atoms with Crippen LogP contribution in [-0.4, -0.2) is 17.8 Å². The standard InChI is InChI=1S/C15H18O4/c1-3-4-11-5-6-13(19-9-10(2)16)14-12(17)7-8-18-15(11)14/h5-8,10,16H,3-4,9H2,1-2H3. The molecule has 0 fully saturated rings. The molecule has 0 radical (unpaired) electrons. The molecule has 1 aromatic carbocycles. The van der Waals surface area contributed by atoms with Gasteiger partial charge >= 0.3 is 0 Å². The van der Waals surface area contributed by atoms with E-state index in [-0.39, 0.29) is 12.0 Å². The average molecular weight is 262 g/mol. The molecular weight excluding hydrogens is 244 g/mol. The van der Waals surface area contributed by atoms with Crippen LogP contribution in [0, 0.1) is 0 Å². The van der Waals surface area contributed by atoms with Gasteiger partial charge in [0.1, 0.15) is 23.3 Å². The zero-order chi connectivity index (χ0) is 13.8. The van der Waals surface area contributed by atoms with Crippen molar-refractivity contribution in [2.75, 3.05) is 6.61 Å². The molecule has 0 aliphatic heterocycles. The summed E-state index contributed by atoms with van der Waals surface area (Å²) in [5, 5.41) is 9.72. The zero-order valence-electron chi connectivity index (χ0n) is 11.2. The van der Waals surface area contributed by atoms with Crippen molar-refractivity contribution in [2.24, 2.45) is 0 Å². The molecule has 19 heavy (non-hydrogen) atoms. The lowest BCUT2D eigenvalue weighted by Gasteiger charge is -2.11. The number of fused-ring (bicyclic) bond motifs is 1. The molecule has 0 bridgehead atoms. The molecule has 0 spiro atoms. The first kappa shape index (κ1) is 13.6. The number of aliphatic hydroxyl groups is 1. The van der Waals surface area contributed by atoms with E-state index < -0.39 is 6.10 Å². The first-order chi connectivity index (χ1) is 9.13. The third-order valence-corrected chi connectivity index (χ3v) is 2.85. The molecule has 1 aromatic heterocycles. The summed E-state index contributed by atoms with van der Waals surface area (Å²) >= 11 is 0. The number of ether oxygens (including phenoxy) is 1. The number of hydrogen-bond acceptors (Lipinski definition) is 4. The largest absolute Gasteiger partial charge is 0.490 e. The number of aliphatic hydroxyl groups excluding tert-OH is 1. The van der Waals surface area contributed by atoms with Gasteiger partial charge in [-0.25, -0.2) is 0 Å². The highest BCUT2D eigenvalue weighted by atomic mass is 16.5. The van der Waals surface area contributed by atoms with Gasteiger partial charge in [0.2, 0.25) is 0 Å². The van der Waals surface area contributed by atoms with Crippen molar-refractivity contribution >= 4 is 11.0 Å². The fraction of sp³-hybridized carbons (Fsp3) is 0.400. The first-order valence-corrected chi connectivity index (χ1v) is 6.47. The van der Waals surface area contributed by atoms with Gasteiger partial charge in [-0.3, -0.25) is 4.79 Å². The average Bonchev–Trinajstić information content (AvgIpc) is 2.38. The fourth-order valence-electron chi connectivity index (χ4n) is 2.02. The molecule has 1 heterocycles. The Kier molecular flexibility index (Phi) is 4.22. The predicted octanol–water partition coefficient (Wildman–Crippen LogP) is 2.51. The van der Waals surface area contributed by atoms with Crippen molar-refractivity contribution in [1.29, 1.82) is 0 Å². The Balaban J connectivity index is 2.54. The molecule has 2 rings (SSSR count). The third kappa shape index (κ3) is 2.96. The van der Waals surface area contributed by atoms with Gasteiger partial charge in [0.05, 0.1) is 12.4 Å². The van der Waals surface area contributed by atoms with E-state index in [1.807, 2.05) is 6.07 Å². The lowest BCUT2D eigenvalue weighted by Crippen LogP contribution is -2.14. The van der Waals surface area contributed by atoms with Gasteiger partial charge in [-0.1, -0.05) is 19.4 Å². The Morgan fingerprint density at radius 3 is 2.84 bits per heavy atom. The Morgan fingerprint density at radius 2 is 2.16 bits per heavy atom. The molecule has 1 atom stereocenters. The molecule has 4 nitrogen and oxygen atoms in total. The topological polar surface area (TPSA) is 59.7 Å². The van der Waals surface area contributed by atoms with Crippen LogP contribution >= 0.6 is 0 Å². The van der Waals surface area contributed by atoms with E-state index in [1.54, 1.807) is 13.0 Å². The highest BCUT2D eigenvalue weighted by Gasteiger charge is 2.12. The van der Waals surface area contributed by atoms with Crippen LogP contribution < -0.4 is 10.2 Å². The van der Waals surface area contributed by atoms with E-state index in [2.05, 4.69) is 6.92 Å². The minimum absolute atomic E-state index is 0.125. The molecule has 0 saturated heterocycles. The van der Waals surface area contributed by atoms with Crippen molar-refractivity contribution in [3.05, 3.63) is 40.2 Å². The predicted molar refractivity (Wildman–Crippen MR) is 73.7 cm³/mol. The maximum atomic E-state index is 12.0. The summed E-state index contributed by atoms with van der Waals surface area (Å²) in [4.78, 5) is 12.0. The van der Waals surface area contributed by atoms with E-state index in [4.69, 9.17) is 9.15 Å². The van der Waals surface area contributed by atoms with Gasteiger partial charge in [0.25, 0.3) is 0 Å². The second-order valence-electron chi connectivity index (χ2n) is 4.62. The molecular formula is C15H18O4. The highest BCUT2D eigenvalue weighted by Crippen LogP contribution is 2.26. The van der Waals surface area contributed by atoms with E-state index >= 15 is 0 Å². The Bertz CT molecular complexity index is 613. The van der Waals surface area contributed by atoms with E-state index in [0.29, 0.717) is 16.7 Å². The fourth-order valence-corrected chi connectivity index (χ4v) is 2.02. The first-order valence-electron chi connectivity index (χ1n) is 6.47. The van der Waals surface area contributed by atoms with Crippen LogP contribution in [0.1, 0.15) is 25.8 Å². The van der Waals surface area contributed by atoms with E-state index in [1.165, 1.54) is 12.3 Å². The maximum Gasteiger partial charge on any atom is 0.196 e. The summed E-state index contributed by atoms with van der Waals surface area (Å²) < 4.78 is 11.0. The quantitative estimate of drug-likeness (QED) is 0.899. The van der Waals surface area contributed by atoms with Gasteiger partial charge in [0, 0.05) is 6.07 Å². The van der Waals surface area contributed by atoms with Crippen LogP contribution in [0.15, 0.2) is 33.7 Å². The van der Waals surface area contributed by atoms with Gasteiger partial charge in [-0.2, -0.15) is 0 Å². The number of aryl methyl sites for hydroxylation is 1. The second kappa shape index (κ2) is 5.89. The van der Waals surface area contributed by atoms with E-state index in [0.717, 1.165) is 18.4 Å². The van der Waals surface area contributed by atoms with Crippen LogP contribution in [0.25, 0.3) is 11.0 Å². The van der Waals surface area contributed by atoms with Crippen LogP contribution in [0.5, 0.6) is 5.75 Å². The summed E-state index contributed by atoms with van der Waals surface area (Å²) in [5.74, 6) is 0.463. The van der Waals surface area contributed by atoms with Crippen molar-refractivity contribution in [2.45, 2.75) is 32.8 Å². The van der Waals surface area contributed by atoms with Crippen LogP contribution in [-0.2, 0) is 6.42 Å². The molecule has 1 unspecified atom stereocenters. The zero-order valence-corrected chi connectivity index (χ0v) is 11.2. The van der Waals surface area contributed by atoms with Gasteiger partial charge in [-0.05, 0) is 25.0 Å². The van der Waals surface area contributed by atoms with Crippen LogP contribution in [0.3, 0.4) is 0 Å². The van der Waals surface area contributed by atoms with Gasteiger partial charge in [-0.15, -0.1) is 0 Å². The van der Waals surface area contributed by atoms with Crippen molar-refractivity contribution in [3.8, 4) is 5.75 Å². The summed E-state index contributed by atoms with van der Waals surface area (Å²) in [7, 11) is 0. The number of rotatable bonds is 5. The third-order valence-electron chi connectivity index (χ3n) is 2.85. The Hall–Kier alpha value is -1.81. The Morgan fingerprint density at radius 1 is 1.37 bits per heavy atom. The van der Waals surface area contributed by atoms with E-state index in [9.17, 15) is 9.90 Å². The monoisotopic (exact) mass is 262 g/mol. The van der Waals surface area contributed by atoms with Crippen molar-refractivity contribution < 1.29 is 14.3 Å². The molecule has 4 heteroatoms. The van der Waals surface area contributed by atoms with Crippen LogP contribution in [0.2, 0.25) is 0 Å². The number of hydrogen-bond donors (Lipinski definition) is 1. The summed E-state index contributed by atoms with van der Waals surface area (Å²) in [5.41, 5.74) is 1.46. The normalized spacial score (nSPS) is 12.6. The van der Waals surface area contributed by atoms with Crippen molar-refractivity contribution in [3.63, 3.8) is 0 Å². The molecule has 1 N–H and O–H groups in total. The lowest BCUT2D eigenvalue weighted by molar-refractivity contribution is 0.123. The lowest BCUT2D eigenvalue weighted by atomic mass is 10.1. The molecule has 0 aliphatic carbocycles. The summed E-state index contributed by atoms with van der Waals surface area (Å²) in [6.07, 6.45) is 2.64. The second-order valence-corrected chi connectivity index (χ2v) is 4.62. The van der Waals surface area contributed by atoms with Gasteiger partial charge in [0.15, 0.2) is 5.43 Å². The summed E-state index contributed by atoms with van der Waals surface area (Å²) in [6.45, 7) is 3.86. The maximum absolute atomic E-state index is 12.0. The summed E-state index contributed by atoms with van der Waals surface area (Å²) in [6, 6.07) is 5.06. The van der Waals surface area contributed by atoms with Crippen molar-refractivity contribution in [1.82, 2.24) is 0 Å². The molecule has 2 aromatic rings. The molecule has 0 aliphatic rings. The molecule has 102 valence electrons. The highest BCUT2D eigenvalue weighted by molar-refractivity contribution is 5.85. The smallest absolute Gasteiger partial charge is 0.196 e. The Labute approximate surface area is 111 Å². The van der Waals surface area contributed by atoms with Crippen LogP contribution in [0.4, 0.5) is 0 Å². The molecule has 0 amide bonds. The minimum Gasteiger partial charge on any atom is -0.490 e.